The average Bonchev–Trinajstić information content (AvgIpc) is 2.74. The second-order valence-corrected chi connectivity index (χ2v) is 8.05. The van der Waals surface area contributed by atoms with Crippen molar-refractivity contribution in [2.45, 2.75) is 17.4 Å². The third-order valence-corrected chi connectivity index (χ3v) is 5.75. The van der Waals surface area contributed by atoms with Crippen molar-refractivity contribution in [1.82, 2.24) is 4.72 Å². The van der Waals surface area contributed by atoms with E-state index in [-0.39, 0.29) is 10.9 Å². The molecule has 3 rings (SSSR count). The summed E-state index contributed by atoms with van der Waals surface area (Å²) in [6.45, 7) is 0. The number of hydrogen-bond acceptors (Lipinski definition) is 2. The second kappa shape index (κ2) is 9.83. The van der Waals surface area contributed by atoms with E-state index in [4.69, 9.17) is 0 Å². The predicted molar refractivity (Wildman–Crippen MR) is 115 cm³/mol. The molecule has 4 heteroatoms. The van der Waals surface area contributed by atoms with E-state index >= 15 is 0 Å². The SMILES string of the molecule is O=S(=O)(NC(C/C=C/C=C/c1ccccc1)c1ccccc1)c1ccccc1. The van der Waals surface area contributed by atoms with Crippen LogP contribution in [0, 0.1) is 0 Å². The molecule has 1 atom stereocenters. The van der Waals surface area contributed by atoms with E-state index in [0.717, 1.165) is 11.1 Å². The zero-order valence-corrected chi connectivity index (χ0v) is 16.3. The molecule has 142 valence electrons. The van der Waals surface area contributed by atoms with Crippen molar-refractivity contribution in [2.75, 3.05) is 0 Å². The standard InChI is InChI=1S/C24H23NO2S/c26-28(27,23-18-10-4-11-19-23)25-24(22-16-8-3-9-17-22)20-12-2-7-15-21-13-5-1-6-14-21/h1-19,24-25H,20H2/b12-2+,15-7+. The number of sulfonamides is 1. The summed E-state index contributed by atoms with van der Waals surface area (Å²) in [5, 5.41) is 0. The monoisotopic (exact) mass is 389 g/mol. The van der Waals surface area contributed by atoms with Gasteiger partial charge in [0.2, 0.25) is 10.0 Å². The molecular weight excluding hydrogens is 366 g/mol. The minimum atomic E-state index is -3.60. The van der Waals surface area contributed by atoms with E-state index in [1.54, 1.807) is 30.3 Å². The molecule has 0 spiro atoms. The van der Waals surface area contributed by atoms with Gasteiger partial charge in [-0.2, -0.15) is 0 Å². The summed E-state index contributed by atoms with van der Waals surface area (Å²) in [4.78, 5) is 0.267. The number of benzene rings is 3. The summed E-state index contributed by atoms with van der Waals surface area (Å²) in [6, 6.07) is 27.8. The smallest absolute Gasteiger partial charge is 0.207 e. The summed E-state index contributed by atoms with van der Waals surface area (Å²) in [5.41, 5.74) is 2.05. The van der Waals surface area contributed by atoms with Gasteiger partial charge in [-0.3, -0.25) is 0 Å². The van der Waals surface area contributed by atoms with Crippen molar-refractivity contribution < 1.29 is 8.42 Å². The van der Waals surface area contributed by atoms with Crippen molar-refractivity contribution >= 4 is 16.1 Å². The first-order chi connectivity index (χ1) is 13.6. The third kappa shape index (κ3) is 5.78. The molecule has 1 unspecified atom stereocenters. The second-order valence-electron chi connectivity index (χ2n) is 6.33. The molecule has 0 fully saturated rings. The van der Waals surface area contributed by atoms with Gasteiger partial charge >= 0.3 is 0 Å². The number of hydrogen-bond donors (Lipinski definition) is 1. The average molecular weight is 390 g/mol. The highest BCUT2D eigenvalue weighted by molar-refractivity contribution is 7.89. The highest BCUT2D eigenvalue weighted by Crippen LogP contribution is 2.21. The van der Waals surface area contributed by atoms with Crippen LogP contribution in [0.4, 0.5) is 0 Å². The molecule has 0 saturated carbocycles. The van der Waals surface area contributed by atoms with Crippen LogP contribution >= 0.6 is 0 Å². The summed E-state index contributed by atoms with van der Waals surface area (Å²) >= 11 is 0. The topological polar surface area (TPSA) is 46.2 Å². The summed E-state index contributed by atoms with van der Waals surface area (Å²) in [7, 11) is -3.60. The minimum Gasteiger partial charge on any atom is -0.207 e. The lowest BCUT2D eigenvalue weighted by Crippen LogP contribution is -2.28. The molecular formula is C24H23NO2S. The molecule has 3 aromatic rings. The first kappa shape index (κ1) is 19.8. The van der Waals surface area contributed by atoms with Gasteiger partial charge < -0.3 is 0 Å². The lowest BCUT2D eigenvalue weighted by molar-refractivity contribution is 0.557. The van der Waals surface area contributed by atoms with Crippen molar-refractivity contribution in [3.8, 4) is 0 Å². The molecule has 0 aliphatic carbocycles. The van der Waals surface area contributed by atoms with Crippen molar-refractivity contribution in [2.24, 2.45) is 0 Å². The largest absolute Gasteiger partial charge is 0.241 e. The fourth-order valence-electron chi connectivity index (χ4n) is 2.82. The molecule has 0 aliphatic heterocycles. The Morgan fingerprint density at radius 1 is 0.750 bits per heavy atom. The Morgan fingerprint density at radius 2 is 1.32 bits per heavy atom. The van der Waals surface area contributed by atoms with Crippen LogP contribution in [0.3, 0.4) is 0 Å². The Labute approximate surface area is 167 Å². The van der Waals surface area contributed by atoms with Gasteiger partial charge in [0.05, 0.1) is 10.9 Å². The molecule has 0 aliphatic rings. The molecule has 28 heavy (non-hydrogen) atoms. The van der Waals surface area contributed by atoms with E-state index < -0.39 is 10.0 Å². The van der Waals surface area contributed by atoms with Crippen LogP contribution in [-0.4, -0.2) is 8.42 Å². The molecule has 0 amide bonds. The summed E-state index contributed by atoms with van der Waals surface area (Å²) in [5.74, 6) is 0. The molecule has 0 bridgehead atoms. The molecule has 0 radical (unpaired) electrons. The van der Waals surface area contributed by atoms with Crippen LogP contribution in [0.15, 0.2) is 114 Å². The van der Waals surface area contributed by atoms with Crippen LogP contribution in [-0.2, 0) is 10.0 Å². The maximum absolute atomic E-state index is 12.7. The molecule has 1 N–H and O–H groups in total. The highest BCUT2D eigenvalue weighted by Gasteiger charge is 2.20. The molecule has 0 saturated heterocycles. The molecule has 3 aromatic carbocycles. The van der Waals surface area contributed by atoms with Gasteiger partial charge in [-0.15, -0.1) is 0 Å². The molecule has 0 heterocycles. The van der Waals surface area contributed by atoms with Crippen molar-refractivity contribution in [3.63, 3.8) is 0 Å². The first-order valence-electron chi connectivity index (χ1n) is 9.16. The van der Waals surface area contributed by atoms with Gasteiger partial charge in [-0.25, -0.2) is 13.1 Å². The Balaban J connectivity index is 1.73. The van der Waals surface area contributed by atoms with E-state index in [9.17, 15) is 8.42 Å². The van der Waals surface area contributed by atoms with Crippen molar-refractivity contribution in [3.05, 3.63) is 120 Å². The van der Waals surface area contributed by atoms with E-state index in [1.165, 1.54) is 0 Å². The molecule has 3 nitrogen and oxygen atoms in total. The van der Waals surface area contributed by atoms with Crippen LogP contribution < -0.4 is 4.72 Å². The normalized spacial score (nSPS) is 13.1. The van der Waals surface area contributed by atoms with Crippen LogP contribution in [0.2, 0.25) is 0 Å². The zero-order valence-electron chi connectivity index (χ0n) is 15.5. The van der Waals surface area contributed by atoms with Crippen LogP contribution in [0.1, 0.15) is 23.6 Å². The van der Waals surface area contributed by atoms with Gasteiger partial charge in [0.25, 0.3) is 0 Å². The van der Waals surface area contributed by atoms with Gasteiger partial charge in [0.15, 0.2) is 0 Å². The van der Waals surface area contributed by atoms with Gasteiger partial charge in [0.1, 0.15) is 0 Å². The van der Waals surface area contributed by atoms with Gasteiger partial charge in [-0.05, 0) is 29.7 Å². The lowest BCUT2D eigenvalue weighted by Gasteiger charge is -2.18. The third-order valence-electron chi connectivity index (χ3n) is 4.26. The van der Waals surface area contributed by atoms with E-state index in [2.05, 4.69) is 4.72 Å². The highest BCUT2D eigenvalue weighted by atomic mass is 32.2. The van der Waals surface area contributed by atoms with Crippen LogP contribution in [0.5, 0.6) is 0 Å². The van der Waals surface area contributed by atoms with Gasteiger partial charge in [-0.1, -0.05) is 103 Å². The maximum atomic E-state index is 12.7. The Hall–Kier alpha value is -2.95. The quantitative estimate of drug-likeness (QED) is 0.527. The van der Waals surface area contributed by atoms with E-state index in [1.807, 2.05) is 85.0 Å². The Kier molecular flexibility index (Phi) is 6.95. The van der Waals surface area contributed by atoms with Crippen LogP contribution in [0.25, 0.3) is 6.08 Å². The predicted octanol–water partition coefficient (Wildman–Crippen LogP) is 5.37. The Morgan fingerprint density at radius 3 is 1.96 bits per heavy atom. The fourth-order valence-corrected chi connectivity index (χ4v) is 4.07. The molecule has 0 aromatic heterocycles. The maximum Gasteiger partial charge on any atom is 0.241 e. The van der Waals surface area contributed by atoms with Gasteiger partial charge in [0, 0.05) is 0 Å². The summed E-state index contributed by atoms with van der Waals surface area (Å²) < 4.78 is 28.3. The Bertz CT molecular complexity index is 1010. The number of rotatable bonds is 8. The van der Waals surface area contributed by atoms with Crippen molar-refractivity contribution in [1.29, 1.82) is 0 Å². The number of allylic oxidation sites excluding steroid dienone is 2. The summed E-state index contributed by atoms with van der Waals surface area (Å²) in [6.07, 6.45) is 8.45. The lowest BCUT2D eigenvalue weighted by atomic mass is 10.0. The first-order valence-corrected chi connectivity index (χ1v) is 10.6. The number of nitrogens with one attached hydrogen (secondary N) is 1. The zero-order chi connectivity index (χ0) is 19.7. The fraction of sp³-hybridized carbons (Fsp3) is 0.0833. The van der Waals surface area contributed by atoms with E-state index in [0.29, 0.717) is 6.42 Å². The minimum absolute atomic E-state index is 0.267.